The molecule has 1 unspecified atom stereocenters. The van der Waals surface area contributed by atoms with Crippen LogP contribution >= 0.6 is 0 Å². The summed E-state index contributed by atoms with van der Waals surface area (Å²) in [6.45, 7) is 1.37. The van der Waals surface area contributed by atoms with Gasteiger partial charge in [-0.2, -0.15) is 4.31 Å². The highest BCUT2D eigenvalue weighted by atomic mass is 32.2. The van der Waals surface area contributed by atoms with E-state index in [2.05, 4.69) is 0 Å². The van der Waals surface area contributed by atoms with Crippen molar-refractivity contribution in [3.8, 4) is 0 Å². The summed E-state index contributed by atoms with van der Waals surface area (Å²) in [7, 11) is -3.57. The van der Waals surface area contributed by atoms with Crippen molar-refractivity contribution in [3.05, 3.63) is 72.8 Å². The zero-order valence-electron chi connectivity index (χ0n) is 17.4. The fourth-order valence-corrected chi connectivity index (χ4v) is 6.00. The number of sulfonamides is 1. The minimum absolute atomic E-state index is 0.105. The highest BCUT2D eigenvalue weighted by Crippen LogP contribution is 2.32. The second-order valence-electron chi connectivity index (χ2n) is 8.04. The molecule has 0 N–H and O–H groups in total. The van der Waals surface area contributed by atoms with Crippen LogP contribution in [-0.4, -0.2) is 61.7 Å². The molecule has 5 rings (SSSR count). The molecule has 2 saturated heterocycles. The predicted octanol–water partition coefficient (Wildman–Crippen LogP) is 2.48. The first-order valence-electron chi connectivity index (χ1n) is 10.6. The van der Waals surface area contributed by atoms with Crippen molar-refractivity contribution < 1.29 is 18.0 Å². The topological polar surface area (TPSA) is 78.0 Å². The van der Waals surface area contributed by atoms with Crippen LogP contribution in [0, 0.1) is 0 Å². The Hall–Kier alpha value is -3.07. The Balaban J connectivity index is 1.33. The lowest BCUT2D eigenvalue weighted by Crippen LogP contribution is -2.53. The van der Waals surface area contributed by atoms with Crippen LogP contribution < -0.4 is 4.90 Å². The molecule has 1 atom stereocenters. The maximum absolute atomic E-state index is 13.3. The molecule has 2 heterocycles. The van der Waals surface area contributed by atoms with E-state index in [0.29, 0.717) is 18.8 Å². The third kappa shape index (κ3) is 3.50. The standard InChI is InChI=1S/C24H23N3O4S/c28-23-17-22(24(29)27(23)21-12-6-8-18-7-4-5-11-20(18)21)25-13-15-26(16-14-25)32(30,31)19-9-2-1-3-10-19/h1-12,22H,13-17H2. The maximum Gasteiger partial charge on any atom is 0.251 e. The van der Waals surface area contributed by atoms with Crippen molar-refractivity contribution in [2.45, 2.75) is 17.4 Å². The summed E-state index contributed by atoms with van der Waals surface area (Å²) in [5, 5.41) is 1.82. The van der Waals surface area contributed by atoms with Gasteiger partial charge >= 0.3 is 0 Å². The van der Waals surface area contributed by atoms with Gasteiger partial charge < -0.3 is 0 Å². The molecule has 0 spiro atoms. The van der Waals surface area contributed by atoms with Gasteiger partial charge in [-0.25, -0.2) is 13.3 Å². The van der Waals surface area contributed by atoms with E-state index >= 15 is 0 Å². The second-order valence-corrected chi connectivity index (χ2v) is 9.98. The molecule has 0 radical (unpaired) electrons. The molecule has 3 aromatic rings. The molecule has 32 heavy (non-hydrogen) atoms. The number of carbonyl (C=O) groups excluding carboxylic acids is 2. The number of carbonyl (C=O) groups is 2. The molecule has 2 aliphatic heterocycles. The zero-order chi connectivity index (χ0) is 22.3. The SMILES string of the molecule is O=C1CC(N2CCN(S(=O)(=O)c3ccccc3)CC2)C(=O)N1c1cccc2ccccc12. The van der Waals surface area contributed by atoms with Crippen LogP contribution in [0.1, 0.15) is 6.42 Å². The molecule has 2 fully saturated rings. The van der Waals surface area contributed by atoms with Crippen molar-refractivity contribution in [1.29, 1.82) is 0 Å². The van der Waals surface area contributed by atoms with E-state index in [1.54, 1.807) is 36.4 Å². The fraction of sp³-hybridized carbons (Fsp3) is 0.250. The Morgan fingerprint density at radius 3 is 2.16 bits per heavy atom. The molecule has 0 bridgehead atoms. The summed E-state index contributed by atoms with van der Waals surface area (Å²) < 4.78 is 27.2. The quantitative estimate of drug-likeness (QED) is 0.572. The Morgan fingerprint density at radius 1 is 0.750 bits per heavy atom. The van der Waals surface area contributed by atoms with Crippen LogP contribution in [0.4, 0.5) is 5.69 Å². The highest BCUT2D eigenvalue weighted by molar-refractivity contribution is 7.89. The van der Waals surface area contributed by atoms with Gasteiger partial charge in [0.25, 0.3) is 5.91 Å². The van der Waals surface area contributed by atoms with Crippen molar-refractivity contribution >= 4 is 38.3 Å². The molecule has 8 heteroatoms. The molecule has 164 valence electrons. The fourth-order valence-electron chi connectivity index (χ4n) is 4.55. The number of imide groups is 1. The van der Waals surface area contributed by atoms with Crippen molar-refractivity contribution in [2.24, 2.45) is 0 Å². The normalized spacial score (nSPS) is 20.9. The van der Waals surface area contributed by atoms with E-state index < -0.39 is 16.1 Å². The molecular weight excluding hydrogens is 426 g/mol. The maximum atomic E-state index is 13.3. The van der Waals surface area contributed by atoms with Crippen LogP contribution in [0.2, 0.25) is 0 Å². The summed E-state index contributed by atoms with van der Waals surface area (Å²) >= 11 is 0. The minimum atomic E-state index is -3.57. The summed E-state index contributed by atoms with van der Waals surface area (Å²) in [6.07, 6.45) is 0.105. The lowest BCUT2D eigenvalue weighted by Gasteiger charge is -2.36. The van der Waals surface area contributed by atoms with Crippen molar-refractivity contribution in [2.75, 3.05) is 31.1 Å². The van der Waals surface area contributed by atoms with Crippen LogP contribution in [0.3, 0.4) is 0 Å². The van der Waals surface area contributed by atoms with E-state index in [0.717, 1.165) is 10.8 Å². The number of nitrogens with zero attached hydrogens (tertiary/aromatic N) is 3. The van der Waals surface area contributed by atoms with Gasteiger partial charge in [-0.3, -0.25) is 14.5 Å². The molecule has 0 saturated carbocycles. The second kappa shape index (κ2) is 8.12. The first-order chi connectivity index (χ1) is 15.5. The molecule has 2 aliphatic rings. The number of anilines is 1. The van der Waals surface area contributed by atoms with E-state index in [1.165, 1.54) is 9.21 Å². The monoisotopic (exact) mass is 449 g/mol. The first kappa shape index (κ1) is 20.8. The Morgan fingerprint density at radius 2 is 1.41 bits per heavy atom. The number of amides is 2. The van der Waals surface area contributed by atoms with Crippen LogP contribution in [0.5, 0.6) is 0 Å². The molecular formula is C24H23N3O4S. The lowest BCUT2D eigenvalue weighted by atomic mass is 10.1. The number of hydrogen-bond acceptors (Lipinski definition) is 5. The summed E-state index contributed by atoms with van der Waals surface area (Å²) in [5.74, 6) is -0.471. The van der Waals surface area contributed by atoms with E-state index in [1.807, 2.05) is 41.3 Å². The molecule has 0 aromatic heterocycles. The minimum Gasteiger partial charge on any atom is -0.289 e. The van der Waals surface area contributed by atoms with Crippen molar-refractivity contribution in [3.63, 3.8) is 0 Å². The third-order valence-corrected chi connectivity index (χ3v) is 8.14. The summed E-state index contributed by atoms with van der Waals surface area (Å²) in [6, 6.07) is 21.1. The Bertz CT molecular complexity index is 1280. The van der Waals surface area contributed by atoms with Crippen molar-refractivity contribution in [1.82, 2.24) is 9.21 Å². The summed E-state index contributed by atoms with van der Waals surface area (Å²) in [4.78, 5) is 29.6. The third-order valence-electron chi connectivity index (χ3n) is 6.23. The Labute approximate surface area is 186 Å². The van der Waals surface area contributed by atoms with Gasteiger partial charge in [0.15, 0.2) is 0 Å². The van der Waals surface area contributed by atoms with Crippen LogP contribution in [-0.2, 0) is 19.6 Å². The van der Waals surface area contributed by atoms with Gasteiger partial charge in [0.1, 0.15) is 0 Å². The molecule has 2 amide bonds. The summed E-state index contributed by atoms with van der Waals surface area (Å²) in [5.41, 5.74) is 0.603. The van der Waals surface area contributed by atoms with Crippen LogP contribution in [0.15, 0.2) is 77.7 Å². The van der Waals surface area contributed by atoms with Gasteiger partial charge in [-0.05, 0) is 23.6 Å². The van der Waals surface area contributed by atoms with Gasteiger partial charge in [-0.15, -0.1) is 0 Å². The van der Waals surface area contributed by atoms with Gasteiger partial charge in [0, 0.05) is 31.6 Å². The smallest absolute Gasteiger partial charge is 0.251 e. The largest absolute Gasteiger partial charge is 0.289 e. The lowest BCUT2D eigenvalue weighted by molar-refractivity contribution is -0.123. The number of fused-ring (bicyclic) bond motifs is 1. The van der Waals surface area contributed by atoms with Crippen LogP contribution in [0.25, 0.3) is 10.8 Å². The number of rotatable bonds is 4. The van der Waals surface area contributed by atoms with Gasteiger partial charge in [-0.1, -0.05) is 54.6 Å². The highest BCUT2D eigenvalue weighted by Gasteiger charge is 2.44. The average molecular weight is 450 g/mol. The Kier molecular flexibility index (Phi) is 5.28. The van der Waals surface area contributed by atoms with Gasteiger partial charge in [0.05, 0.1) is 23.0 Å². The average Bonchev–Trinajstić information content (AvgIpc) is 3.13. The van der Waals surface area contributed by atoms with E-state index in [-0.39, 0.29) is 36.2 Å². The number of hydrogen-bond donors (Lipinski definition) is 0. The van der Waals surface area contributed by atoms with Gasteiger partial charge in [0.2, 0.25) is 15.9 Å². The number of benzene rings is 3. The number of piperazine rings is 1. The molecule has 0 aliphatic carbocycles. The van der Waals surface area contributed by atoms with E-state index in [9.17, 15) is 18.0 Å². The first-order valence-corrected chi connectivity index (χ1v) is 12.0. The molecule has 7 nitrogen and oxygen atoms in total. The molecule has 3 aromatic carbocycles. The van der Waals surface area contributed by atoms with E-state index in [4.69, 9.17) is 0 Å². The zero-order valence-corrected chi connectivity index (χ0v) is 18.2. The predicted molar refractivity (Wildman–Crippen MR) is 122 cm³/mol.